The van der Waals surface area contributed by atoms with Gasteiger partial charge in [0.15, 0.2) is 5.78 Å². The molecule has 0 N–H and O–H groups in total. The van der Waals surface area contributed by atoms with Crippen LogP contribution in [0.2, 0.25) is 0 Å². The van der Waals surface area contributed by atoms with Crippen LogP contribution in [0.4, 0.5) is 0 Å². The van der Waals surface area contributed by atoms with Crippen LogP contribution in [-0.2, 0) is 6.42 Å². The maximum atomic E-state index is 12.3. The minimum atomic E-state index is 0.245. The summed E-state index contributed by atoms with van der Waals surface area (Å²) in [5, 5.41) is 0. The zero-order chi connectivity index (χ0) is 11.8. The summed E-state index contributed by atoms with van der Waals surface area (Å²) in [5.41, 5.74) is 1.94. The number of ether oxygens (including phenoxy) is 1. The molecule has 2 nitrogen and oxygen atoms in total. The molecule has 0 radical (unpaired) electrons. The highest BCUT2D eigenvalue weighted by atomic mass is 79.9. The largest absolute Gasteiger partial charge is 0.492 e. The lowest BCUT2D eigenvalue weighted by molar-refractivity contribution is 0.0933. The fourth-order valence-corrected chi connectivity index (χ4v) is 3.05. The van der Waals surface area contributed by atoms with E-state index >= 15 is 0 Å². The molecule has 1 aliphatic carbocycles. The topological polar surface area (TPSA) is 26.3 Å². The van der Waals surface area contributed by atoms with E-state index in [4.69, 9.17) is 4.74 Å². The Kier molecular flexibility index (Phi) is 2.95. The van der Waals surface area contributed by atoms with Crippen molar-refractivity contribution in [3.05, 3.63) is 27.7 Å². The van der Waals surface area contributed by atoms with Crippen LogP contribution in [0.15, 0.2) is 16.6 Å². The lowest BCUT2D eigenvalue weighted by Crippen LogP contribution is -2.16. The number of carbonyl (C=O) groups excluding carboxylic acids is 1. The van der Waals surface area contributed by atoms with Crippen molar-refractivity contribution in [2.24, 2.45) is 5.92 Å². The SMILES string of the molecule is O=C(CC1CCC1)c1cc(Br)cc2c1OCC2. The van der Waals surface area contributed by atoms with Gasteiger partial charge in [-0.25, -0.2) is 0 Å². The van der Waals surface area contributed by atoms with Gasteiger partial charge in [0.2, 0.25) is 0 Å². The third kappa shape index (κ3) is 2.13. The highest BCUT2D eigenvalue weighted by Gasteiger charge is 2.26. The van der Waals surface area contributed by atoms with E-state index in [2.05, 4.69) is 22.0 Å². The summed E-state index contributed by atoms with van der Waals surface area (Å²) in [6.45, 7) is 0.704. The van der Waals surface area contributed by atoms with Crippen molar-refractivity contribution in [2.75, 3.05) is 6.61 Å². The number of fused-ring (bicyclic) bond motifs is 1. The van der Waals surface area contributed by atoms with Crippen LogP contribution in [0.1, 0.15) is 41.6 Å². The number of rotatable bonds is 3. The third-order valence-electron chi connectivity index (χ3n) is 3.75. The molecule has 17 heavy (non-hydrogen) atoms. The van der Waals surface area contributed by atoms with E-state index < -0.39 is 0 Å². The quantitative estimate of drug-likeness (QED) is 0.794. The average Bonchev–Trinajstić information content (AvgIpc) is 2.69. The highest BCUT2D eigenvalue weighted by Crippen LogP contribution is 2.36. The number of Topliss-reactive ketones (excluding diaryl/α,β-unsaturated/α-hetero) is 1. The highest BCUT2D eigenvalue weighted by molar-refractivity contribution is 9.10. The van der Waals surface area contributed by atoms with Gasteiger partial charge in [-0.05, 0) is 23.6 Å². The molecule has 3 heteroatoms. The predicted molar refractivity (Wildman–Crippen MR) is 69.6 cm³/mol. The van der Waals surface area contributed by atoms with E-state index in [0.717, 1.165) is 27.8 Å². The monoisotopic (exact) mass is 294 g/mol. The van der Waals surface area contributed by atoms with E-state index in [1.54, 1.807) is 0 Å². The Morgan fingerprint density at radius 2 is 2.24 bits per heavy atom. The first-order chi connectivity index (χ1) is 8.24. The smallest absolute Gasteiger partial charge is 0.166 e. The Morgan fingerprint density at radius 3 is 2.94 bits per heavy atom. The molecule has 0 bridgehead atoms. The first-order valence-corrected chi connectivity index (χ1v) is 7.02. The van der Waals surface area contributed by atoms with Gasteiger partial charge in [0.25, 0.3) is 0 Å². The molecule has 1 aromatic rings. The molecule has 0 unspecified atom stereocenters. The van der Waals surface area contributed by atoms with E-state index in [-0.39, 0.29) is 5.78 Å². The molecule has 1 heterocycles. The van der Waals surface area contributed by atoms with Crippen LogP contribution >= 0.6 is 15.9 Å². The van der Waals surface area contributed by atoms with Gasteiger partial charge in [0, 0.05) is 17.3 Å². The molecular weight excluding hydrogens is 280 g/mol. The van der Waals surface area contributed by atoms with Crippen LogP contribution in [0.25, 0.3) is 0 Å². The van der Waals surface area contributed by atoms with Gasteiger partial charge in [-0.3, -0.25) is 4.79 Å². The minimum Gasteiger partial charge on any atom is -0.492 e. The van der Waals surface area contributed by atoms with Crippen molar-refractivity contribution in [1.82, 2.24) is 0 Å². The van der Waals surface area contributed by atoms with Crippen LogP contribution in [0, 0.1) is 5.92 Å². The van der Waals surface area contributed by atoms with Gasteiger partial charge >= 0.3 is 0 Å². The number of hydrogen-bond acceptors (Lipinski definition) is 2. The summed E-state index contributed by atoms with van der Waals surface area (Å²) in [5.74, 6) is 1.69. The Balaban J connectivity index is 1.88. The first-order valence-electron chi connectivity index (χ1n) is 6.22. The zero-order valence-electron chi connectivity index (χ0n) is 9.67. The summed E-state index contributed by atoms with van der Waals surface area (Å²) in [4.78, 5) is 12.3. The molecule has 1 fully saturated rings. The summed E-state index contributed by atoms with van der Waals surface area (Å²) in [6, 6.07) is 3.97. The molecule has 90 valence electrons. The van der Waals surface area contributed by atoms with Gasteiger partial charge in [0.05, 0.1) is 12.2 Å². The van der Waals surface area contributed by atoms with E-state index in [1.807, 2.05) is 6.07 Å². The van der Waals surface area contributed by atoms with Crippen molar-refractivity contribution in [2.45, 2.75) is 32.1 Å². The molecular formula is C14H15BrO2. The summed E-state index contributed by atoms with van der Waals surface area (Å²) in [7, 11) is 0. The van der Waals surface area contributed by atoms with Gasteiger partial charge < -0.3 is 4.74 Å². The lowest BCUT2D eigenvalue weighted by atomic mass is 9.81. The number of ketones is 1. The first kappa shape index (κ1) is 11.3. The van der Waals surface area contributed by atoms with E-state index in [0.29, 0.717) is 18.9 Å². The lowest BCUT2D eigenvalue weighted by Gasteiger charge is -2.24. The van der Waals surface area contributed by atoms with Crippen LogP contribution in [0.3, 0.4) is 0 Å². The van der Waals surface area contributed by atoms with Gasteiger partial charge in [-0.15, -0.1) is 0 Å². The second kappa shape index (κ2) is 4.45. The standard InChI is InChI=1S/C14H15BrO2/c15-11-7-10-4-5-17-14(10)12(8-11)13(16)6-9-2-1-3-9/h7-9H,1-6H2. The van der Waals surface area contributed by atoms with Crippen LogP contribution in [-0.4, -0.2) is 12.4 Å². The molecule has 0 saturated heterocycles. The number of halogens is 1. The summed E-state index contributed by atoms with van der Waals surface area (Å²) < 4.78 is 6.58. The van der Waals surface area contributed by atoms with Gasteiger partial charge in [0.1, 0.15) is 5.75 Å². The maximum Gasteiger partial charge on any atom is 0.166 e. The minimum absolute atomic E-state index is 0.245. The zero-order valence-corrected chi connectivity index (χ0v) is 11.3. The van der Waals surface area contributed by atoms with Crippen molar-refractivity contribution in [3.63, 3.8) is 0 Å². The van der Waals surface area contributed by atoms with Crippen molar-refractivity contribution in [1.29, 1.82) is 0 Å². The molecule has 1 aromatic carbocycles. The second-order valence-corrected chi connectivity index (χ2v) is 5.88. The molecule has 0 amide bonds. The van der Waals surface area contributed by atoms with Gasteiger partial charge in [-0.1, -0.05) is 35.2 Å². The third-order valence-corrected chi connectivity index (χ3v) is 4.21. The van der Waals surface area contributed by atoms with E-state index in [1.165, 1.54) is 19.3 Å². The fourth-order valence-electron chi connectivity index (χ4n) is 2.55. The summed E-state index contributed by atoms with van der Waals surface area (Å²) >= 11 is 3.47. The normalized spacial score (nSPS) is 18.4. The Morgan fingerprint density at radius 1 is 1.41 bits per heavy atom. The van der Waals surface area contributed by atoms with Crippen molar-refractivity contribution >= 4 is 21.7 Å². The molecule has 1 saturated carbocycles. The van der Waals surface area contributed by atoms with Crippen LogP contribution in [0.5, 0.6) is 5.75 Å². The average molecular weight is 295 g/mol. The Hall–Kier alpha value is -0.830. The predicted octanol–water partition coefficient (Wildman–Crippen LogP) is 3.76. The van der Waals surface area contributed by atoms with E-state index in [9.17, 15) is 4.79 Å². The number of hydrogen-bond donors (Lipinski definition) is 0. The molecule has 1 aliphatic heterocycles. The van der Waals surface area contributed by atoms with Gasteiger partial charge in [-0.2, -0.15) is 0 Å². The van der Waals surface area contributed by atoms with Crippen molar-refractivity contribution < 1.29 is 9.53 Å². The maximum absolute atomic E-state index is 12.3. The van der Waals surface area contributed by atoms with Crippen LogP contribution < -0.4 is 4.74 Å². The molecule has 2 aliphatic rings. The number of benzene rings is 1. The molecule has 3 rings (SSSR count). The number of carbonyl (C=O) groups is 1. The Bertz CT molecular complexity index is 464. The second-order valence-electron chi connectivity index (χ2n) is 4.96. The molecule has 0 atom stereocenters. The van der Waals surface area contributed by atoms with Crippen molar-refractivity contribution in [3.8, 4) is 5.75 Å². The fraction of sp³-hybridized carbons (Fsp3) is 0.500. The molecule has 0 aromatic heterocycles. The summed E-state index contributed by atoms with van der Waals surface area (Å²) in [6.07, 6.45) is 5.31. The Labute approximate surface area is 109 Å². The molecule has 0 spiro atoms.